The number of likely N-dealkylation sites (N-methyl/N-ethyl adjacent to an activating group) is 1. The number of nitrogens with zero attached hydrogens (tertiary/aromatic N) is 6. The van der Waals surface area contributed by atoms with E-state index in [1.54, 1.807) is 56.8 Å². The molecule has 2 N–H and O–H groups in total. The van der Waals surface area contributed by atoms with E-state index in [4.69, 9.17) is 9.72 Å². The van der Waals surface area contributed by atoms with E-state index < -0.39 is 53.2 Å². The van der Waals surface area contributed by atoms with Crippen molar-refractivity contribution in [1.29, 1.82) is 0 Å². The van der Waals surface area contributed by atoms with Crippen molar-refractivity contribution in [3.8, 4) is 5.69 Å². The first kappa shape index (κ1) is 32.1. The maximum absolute atomic E-state index is 14.2. The first-order valence-electron chi connectivity index (χ1n) is 14.4. The number of aromatic nitrogens is 5. The van der Waals surface area contributed by atoms with Gasteiger partial charge < -0.3 is 15.4 Å². The van der Waals surface area contributed by atoms with Crippen LogP contribution in [0.3, 0.4) is 0 Å². The van der Waals surface area contributed by atoms with Gasteiger partial charge in [-0.25, -0.2) is 19.4 Å². The second-order valence-electron chi connectivity index (χ2n) is 11.4. The number of anilines is 1. The number of fused-ring (bicyclic) bond motifs is 1. The number of alkyl carbamates (subject to hydrolysis) is 1. The molecule has 3 aromatic heterocycles. The number of rotatable bonds is 7. The van der Waals surface area contributed by atoms with Crippen LogP contribution in [0.25, 0.3) is 5.69 Å². The highest BCUT2D eigenvalue weighted by atomic mass is 19.4. The van der Waals surface area contributed by atoms with E-state index in [-0.39, 0.29) is 13.1 Å². The number of hydrogen-bond donors (Lipinski definition) is 2. The zero-order valence-electron chi connectivity index (χ0n) is 25.4. The van der Waals surface area contributed by atoms with Crippen LogP contribution in [-0.4, -0.2) is 60.8 Å². The van der Waals surface area contributed by atoms with Gasteiger partial charge in [0.2, 0.25) is 5.82 Å². The predicted molar refractivity (Wildman–Crippen MR) is 159 cm³/mol. The van der Waals surface area contributed by atoms with Gasteiger partial charge in [-0.3, -0.25) is 19.5 Å². The molecule has 0 unspecified atom stereocenters. The summed E-state index contributed by atoms with van der Waals surface area (Å²) in [7, 11) is 0. The Morgan fingerprint density at radius 3 is 2.41 bits per heavy atom. The van der Waals surface area contributed by atoms with Crippen molar-refractivity contribution in [2.24, 2.45) is 0 Å². The van der Waals surface area contributed by atoms with Gasteiger partial charge >= 0.3 is 12.3 Å². The molecule has 12 nitrogen and oxygen atoms in total. The van der Waals surface area contributed by atoms with Crippen molar-refractivity contribution in [3.05, 3.63) is 95.5 Å². The number of para-hydroxylation sites is 1. The molecule has 0 saturated heterocycles. The SMILES string of the molecule is CCN1C(=O)[C@@H](NC(=O)c2nccc(C(F)(F)F)n2)[C@H](c2cccc(CNC(=O)OC(C)(C)C)n2)c2cnn(-c3ccccc3)c21. The third kappa shape index (κ3) is 6.82. The fraction of sp³-hybridized carbons (Fsp3) is 0.323. The third-order valence-corrected chi connectivity index (χ3v) is 6.94. The lowest BCUT2D eigenvalue weighted by molar-refractivity contribution is -0.141. The molecule has 0 spiro atoms. The van der Waals surface area contributed by atoms with Crippen LogP contribution >= 0.6 is 0 Å². The van der Waals surface area contributed by atoms with Gasteiger partial charge in [-0.1, -0.05) is 24.3 Å². The summed E-state index contributed by atoms with van der Waals surface area (Å²) >= 11 is 0. The summed E-state index contributed by atoms with van der Waals surface area (Å²) in [5, 5.41) is 9.78. The van der Waals surface area contributed by atoms with Crippen molar-refractivity contribution in [2.45, 2.75) is 58.0 Å². The number of benzene rings is 1. The van der Waals surface area contributed by atoms with Crippen molar-refractivity contribution in [1.82, 2.24) is 35.4 Å². The van der Waals surface area contributed by atoms with Crippen LogP contribution in [0, 0.1) is 0 Å². The number of amides is 3. The Morgan fingerprint density at radius 1 is 1.00 bits per heavy atom. The lowest BCUT2D eigenvalue weighted by Gasteiger charge is -2.37. The number of alkyl halides is 3. The fourth-order valence-corrected chi connectivity index (χ4v) is 5.06. The highest BCUT2D eigenvalue weighted by Crippen LogP contribution is 2.41. The Morgan fingerprint density at radius 2 is 1.74 bits per heavy atom. The van der Waals surface area contributed by atoms with Crippen LogP contribution in [-0.2, 0) is 22.3 Å². The maximum atomic E-state index is 14.2. The van der Waals surface area contributed by atoms with Crippen LogP contribution < -0.4 is 15.5 Å². The molecule has 0 saturated carbocycles. The van der Waals surface area contributed by atoms with Crippen molar-refractivity contribution in [3.63, 3.8) is 0 Å². The second-order valence-corrected chi connectivity index (χ2v) is 11.4. The van der Waals surface area contributed by atoms with E-state index in [1.807, 2.05) is 30.3 Å². The number of nitrogens with one attached hydrogen (secondary N) is 2. The molecule has 240 valence electrons. The molecule has 3 amide bonds. The normalized spacial score (nSPS) is 16.5. The minimum atomic E-state index is -4.81. The number of hydrogen-bond acceptors (Lipinski definition) is 8. The highest BCUT2D eigenvalue weighted by Gasteiger charge is 2.45. The Hall–Kier alpha value is -5.34. The van der Waals surface area contributed by atoms with E-state index in [0.717, 1.165) is 6.20 Å². The molecule has 0 bridgehead atoms. The van der Waals surface area contributed by atoms with Crippen molar-refractivity contribution in [2.75, 3.05) is 11.4 Å². The van der Waals surface area contributed by atoms with Crippen molar-refractivity contribution >= 4 is 23.7 Å². The molecule has 2 atom stereocenters. The quantitative estimate of drug-likeness (QED) is 0.304. The summed E-state index contributed by atoms with van der Waals surface area (Å²) in [5.74, 6) is -2.86. The number of pyridine rings is 1. The topological polar surface area (TPSA) is 144 Å². The summed E-state index contributed by atoms with van der Waals surface area (Å²) in [5.41, 5.74) is -0.0274. The molecule has 5 rings (SSSR count). The molecule has 0 fully saturated rings. The Bertz CT molecular complexity index is 1750. The maximum Gasteiger partial charge on any atom is 0.433 e. The van der Waals surface area contributed by atoms with Crippen LogP contribution in [0.4, 0.5) is 23.8 Å². The number of carbonyl (C=O) groups excluding carboxylic acids is 3. The van der Waals surface area contributed by atoms with E-state index in [1.165, 1.54) is 4.90 Å². The zero-order chi connectivity index (χ0) is 33.2. The van der Waals surface area contributed by atoms with Crippen LogP contribution in [0.2, 0.25) is 0 Å². The van der Waals surface area contributed by atoms with Gasteiger partial charge in [0.15, 0.2) is 0 Å². The molecule has 46 heavy (non-hydrogen) atoms. The first-order chi connectivity index (χ1) is 21.8. The molecule has 4 heterocycles. The standard InChI is InChI=1S/C31H31F3N8O4/c1-5-41-27-20(17-37-42(27)19-11-7-6-8-12-19)23(21-13-9-10-18(38-21)16-36-29(45)46-30(2,3)4)24(28(41)44)40-26(43)25-35-15-14-22(39-25)31(32,33)34/h6-15,17,23-24H,5,16H2,1-4H3,(H,36,45)(H,40,43)/t23-,24-/m0/s1. The molecular weight excluding hydrogens is 605 g/mol. The number of halogens is 3. The van der Waals surface area contributed by atoms with Gasteiger partial charge in [-0.05, 0) is 58.0 Å². The van der Waals surface area contributed by atoms with Crippen LogP contribution in [0.1, 0.15) is 66.9 Å². The predicted octanol–water partition coefficient (Wildman–Crippen LogP) is 4.40. The molecule has 15 heteroatoms. The lowest BCUT2D eigenvalue weighted by atomic mass is 9.85. The molecule has 1 aromatic carbocycles. The van der Waals surface area contributed by atoms with Crippen molar-refractivity contribution < 1.29 is 32.3 Å². The van der Waals surface area contributed by atoms with Gasteiger partial charge in [0.25, 0.3) is 11.8 Å². The zero-order valence-corrected chi connectivity index (χ0v) is 25.4. The second kappa shape index (κ2) is 12.6. The largest absolute Gasteiger partial charge is 0.444 e. The molecule has 0 aliphatic carbocycles. The summed E-state index contributed by atoms with van der Waals surface area (Å²) in [6.07, 6.45) is -3.06. The van der Waals surface area contributed by atoms with Gasteiger partial charge in [0.1, 0.15) is 23.2 Å². The van der Waals surface area contributed by atoms with E-state index in [9.17, 15) is 27.6 Å². The minimum absolute atomic E-state index is 0.00423. The molecule has 1 aliphatic rings. The highest BCUT2D eigenvalue weighted by molar-refractivity contribution is 6.04. The van der Waals surface area contributed by atoms with E-state index >= 15 is 0 Å². The molecule has 4 aromatic rings. The van der Waals surface area contributed by atoms with Gasteiger partial charge in [-0.15, -0.1) is 0 Å². The Labute approximate surface area is 262 Å². The van der Waals surface area contributed by atoms with E-state index in [2.05, 4.69) is 25.7 Å². The monoisotopic (exact) mass is 636 g/mol. The number of carbonyl (C=O) groups is 3. The van der Waals surface area contributed by atoms with Crippen LogP contribution in [0.15, 0.2) is 67.0 Å². The van der Waals surface area contributed by atoms with Gasteiger partial charge in [0.05, 0.1) is 35.7 Å². The third-order valence-electron chi connectivity index (χ3n) is 6.94. The fourth-order valence-electron chi connectivity index (χ4n) is 5.06. The van der Waals surface area contributed by atoms with Gasteiger partial charge in [-0.2, -0.15) is 18.3 Å². The summed E-state index contributed by atoms with van der Waals surface area (Å²) < 4.78 is 46.9. The number of ether oxygens (including phenoxy) is 1. The molecule has 1 aliphatic heterocycles. The van der Waals surface area contributed by atoms with Gasteiger partial charge in [0, 0.05) is 18.3 Å². The minimum Gasteiger partial charge on any atom is -0.444 e. The van der Waals surface area contributed by atoms with Crippen LogP contribution in [0.5, 0.6) is 0 Å². The smallest absolute Gasteiger partial charge is 0.433 e. The summed E-state index contributed by atoms with van der Waals surface area (Å²) in [4.78, 5) is 53.0. The summed E-state index contributed by atoms with van der Waals surface area (Å²) in [6, 6.07) is 13.5. The average Bonchev–Trinajstić information content (AvgIpc) is 3.44. The molecular formula is C31H31F3N8O4. The summed E-state index contributed by atoms with van der Waals surface area (Å²) in [6.45, 7) is 7.14. The molecule has 0 radical (unpaired) electrons. The first-order valence-corrected chi connectivity index (χ1v) is 14.4. The van der Waals surface area contributed by atoms with E-state index in [0.29, 0.717) is 34.5 Å². The Kier molecular flexibility index (Phi) is 8.76. The average molecular weight is 637 g/mol. The Balaban J connectivity index is 1.56. The lowest BCUT2D eigenvalue weighted by Crippen LogP contribution is -2.55.